The first-order valence-electron chi connectivity index (χ1n) is 6.49. The number of nitrogens with one attached hydrogen (secondary N) is 1. The summed E-state index contributed by atoms with van der Waals surface area (Å²) in [6.07, 6.45) is 2.23. The van der Waals surface area contributed by atoms with Crippen LogP contribution in [0.1, 0.15) is 31.4 Å². The van der Waals surface area contributed by atoms with Crippen LogP contribution in [0.5, 0.6) is 0 Å². The summed E-state index contributed by atoms with van der Waals surface area (Å²) in [5, 5.41) is 4.37. The molecule has 1 N–H and O–H groups in total. The maximum absolute atomic E-state index is 6.24. The second-order valence-corrected chi connectivity index (χ2v) is 5.35. The Morgan fingerprint density at radius 2 is 1.90 bits per heavy atom. The van der Waals surface area contributed by atoms with E-state index in [0.29, 0.717) is 16.3 Å². The monoisotopic (exact) mass is 359 g/mol. The lowest BCUT2D eigenvalue weighted by molar-refractivity contribution is 0.164. The topological polar surface area (TPSA) is 28.2 Å². The van der Waals surface area contributed by atoms with E-state index in [2.05, 4.69) is 22.1 Å². The van der Waals surface area contributed by atoms with Gasteiger partial charge in [0.25, 0.3) is 0 Å². The highest BCUT2D eigenvalue weighted by Gasteiger charge is 2.23. The molecule has 1 fully saturated rings. The van der Waals surface area contributed by atoms with Crippen LogP contribution in [0.3, 0.4) is 0 Å². The standard InChI is InChI=1S/C13H19Cl2N3.2ClH/c1-2-3-11(18-8-6-16-7-9-18)10-4-5-12(14)17-13(10)15;;/h4-5,11,16H,2-3,6-9H2,1H3;2*1H/t11-;;/m1../s1. The maximum Gasteiger partial charge on any atom is 0.135 e. The summed E-state index contributed by atoms with van der Waals surface area (Å²) in [5.74, 6) is 0. The smallest absolute Gasteiger partial charge is 0.135 e. The van der Waals surface area contributed by atoms with Crippen LogP contribution in [0.15, 0.2) is 12.1 Å². The highest BCUT2D eigenvalue weighted by atomic mass is 35.5. The van der Waals surface area contributed by atoms with E-state index in [9.17, 15) is 0 Å². The quantitative estimate of drug-likeness (QED) is 0.823. The zero-order valence-electron chi connectivity index (χ0n) is 11.4. The van der Waals surface area contributed by atoms with E-state index in [1.165, 1.54) is 0 Å². The van der Waals surface area contributed by atoms with E-state index >= 15 is 0 Å². The second-order valence-electron chi connectivity index (χ2n) is 4.60. The third kappa shape index (κ3) is 5.21. The largest absolute Gasteiger partial charge is 0.314 e. The number of halogens is 4. The second kappa shape index (κ2) is 10.0. The predicted octanol–water partition coefficient (Wildman–Crippen LogP) is 3.98. The molecule has 1 aromatic rings. The molecule has 3 nitrogen and oxygen atoms in total. The molecule has 0 aliphatic carbocycles. The fourth-order valence-corrected chi connectivity index (χ4v) is 2.94. The van der Waals surface area contributed by atoms with Gasteiger partial charge >= 0.3 is 0 Å². The normalized spacial score (nSPS) is 16.9. The van der Waals surface area contributed by atoms with Crippen molar-refractivity contribution in [2.24, 2.45) is 0 Å². The van der Waals surface area contributed by atoms with Gasteiger partial charge in [0, 0.05) is 37.8 Å². The van der Waals surface area contributed by atoms with Crippen LogP contribution in [-0.4, -0.2) is 36.1 Å². The molecule has 0 unspecified atom stereocenters. The number of hydrogen-bond acceptors (Lipinski definition) is 3. The van der Waals surface area contributed by atoms with Crippen molar-refractivity contribution in [1.82, 2.24) is 15.2 Å². The van der Waals surface area contributed by atoms with Crippen molar-refractivity contribution >= 4 is 48.0 Å². The Hall–Kier alpha value is 0.230. The van der Waals surface area contributed by atoms with E-state index in [1.54, 1.807) is 0 Å². The minimum absolute atomic E-state index is 0. The lowest BCUT2D eigenvalue weighted by Gasteiger charge is -2.35. The van der Waals surface area contributed by atoms with Crippen LogP contribution >= 0.6 is 48.0 Å². The Balaban J connectivity index is 0.00000180. The molecule has 7 heteroatoms. The van der Waals surface area contributed by atoms with Gasteiger partial charge in [0.2, 0.25) is 0 Å². The SMILES string of the molecule is CCC[C@H](c1ccc(Cl)nc1Cl)N1CCNCC1.Cl.Cl. The Labute approximate surface area is 143 Å². The highest BCUT2D eigenvalue weighted by molar-refractivity contribution is 6.32. The van der Waals surface area contributed by atoms with E-state index in [4.69, 9.17) is 23.2 Å². The first-order valence-corrected chi connectivity index (χ1v) is 7.24. The molecule has 116 valence electrons. The predicted molar refractivity (Wildman–Crippen MR) is 90.8 cm³/mol. The summed E-state index contributed by atoms with van der Waals surface area (Å²) in [7, 11) is 0. The van der Waals surface area contributed by atoms with Crippen molar-refractivity contribution in [3.8, 4) is 0 Å². The van der Waals surface area contributed by atoms with Gasteiger partial charge in [0.05, 0.1) is 0 Å². The van der Waals surface area contributed by atoms with Crippen LogP contribution in [0.2, 0.25) is 10.3 Å². The van der Waals surface area contributed by atoms with Crippen molar-refractivity contribution in [3.63, 3.8) is 0 Å². The van der Waals surface area contributed by atoms with Crippen LogP contribution in [0.25, 0.3) is 0 Å². The average molecular weight is 361 g/mol. The van der Waals surface area contributed by atoms with Gasteiger partial charge in [-0.05, 0) is 12.5 Å². The van der Waals surface area contributed by atoms with Crippen LogP contribution < -0.4 is 5.32 Å². The molecule has 1 atom stereocenters. The fraction of sp³-hybridized carbons (Fsp3) is 0.615. The molecular formula is C13H21Cl4N3. The van der Waals surface area contributed by atoms with Gasteiger partial charge in [-0.2, -0.15) is 0 Å². The highest BCUT2D eigenvalue weighted by Crippen LogP contribution is 2.31. The summed E-state index contributed by atoms with van der Waals surface area (Å²) in [6.45, 7) is 6.40. The zero-order valence-corrected chi connectivity index (χ0v) is 14.6. The fourth-order valence-electron chi connectivity index (χ4n) is 2.47. The minimum Gasteiger partial charge on any atom is -0.314 e. The van der Waals surface area contributed by atoms with E-state index in [1.807, 2.05) is 12.1 Å². The van der Waals surface area contributed by atoms with E-state index in [-0.39, 0.29) is 24.8 Å². The Morgan fingerprint density at radius 1 is 1.25 bits per heavy atom. The summed E-state index contributed by atoms with van der Waals surface area (Å²) in [4.78, 5) is 6.64. The lowest BCUT2D eigenvalue weighted by Crippen LogP contribution is -2.45. The number of pyridine rings is 1. The molecule has 2 heterocycles. The average Bonchev–Trinajstić information content (AvgIpc) is 2.38. The van der Waals surface area contributed by atoms with Crippen molar-refractivity contribution in [3.05, 3.63) is 28.0 Å². The number of hydrogen-bond donors (Lipinski definition) is 1. The third-order valence-electron chi connectivity index (χ3n) is 3.36. The van der Waals surface area contributed by atoms with E-state index < -0.39 is 0 Å². The number of rotatable bonds is 4. The van der Waals surface area contributed by atoms with Gasteiger partial charge in [-0.1, -0.05) is 42.6 Å². The molecule has 0 aromatic carbocycles. The number of nitrogens with zero attached hydrogens (tertiary/aromatic N) is 2. The molecular weight excluding hydrogens is 340 g/mol. The van der Waals surface area contributed by atoms with Gasteiger partial charge in [0.1, 0.15) is 10.3 Å². The summed E-state index contributed by atoms with van der Waals surface area (Å²) in [5.41, 5.74) is 1.10. The van der Waals surface area contributed by atoms with Gasteiger partial charge in [0.15, 0.2) is 0 Å². The van der Waals surface area contributed by atoms with Crippen molar-refractivity contribution < 1.29 is 0 Å². The lowest BCUT2D eigenvalue weighted by atomic mass is 10.0. The van der Waals surface area contributed by atoms with Crippen molar-refractivity contribution in [2.45, 2.75) is 25.8 Å². The molecule has 0 spiro atoms. The molecule has 1 aromatic heterocycles. The van der Waals surface area contributed by atoms with Crippen LogP contribution in [0, 0.1) is 0 Å². The summed E-state index contributed by atoms with van der Waals surface area (Å²) < 4.78 is 0. The molecule has 0 radical (unpaired) electrons. The summed E-state index contributed by atoms with van der Waals surface area (Å²) in [6, 6.07) is 4.20. The zero-order chi connectivity index (χ0) is 13.0. The van der Waals surface area contributed by atoms with Crippen LogP contribution in [0.4, 0.5) is 0 Å². The van der Waals surface area contributed by atoms with Crippen molar-refractivity contribution in [2.75, 3.05) is 26.2 Å². The first-order chi connectivity index (χ1) is 8.72. The first kappa shape index (κ1) is 20.2. The van der Waals surface area contributed by atoms with Gasteiger partial charge in [-0.3, -0.25) is 4.90 Å². The van der Waals surface area contributed by atoms with E-state index in [0.717, 1.165) is 44.6 Å². The molecule has 20 heavy (non-hydrogen) atoms. The molecule has 0 saturated carbocycles. The molecule has 1 aliphatic heterocycles. The van der Waals surface area contributed by atoms with Crippen molar-refractivity contribution in [1.29, 1.82) is 0 Å². The number of piperazine rings is 1. The Morgan fingerprint density at radius 3 is 2.45 bits per heavy atom. The Bertz CT molecular complexity index is 397. The minimum atomic E-state index is 0. The van der Waals surface area contributed by atoms with Crippen LogP contribution in [-0.2, 0) is 0 Å². The molecule has 0 bridgehead atoms. The van der Waals surface area contributed by atoms with Gasteiger partial charge < -0.3 is 5.32 Å². The molecule has 0 amide bonds. The Kier molecular flexibility index (Phi) is 10.2. The summed E-state index contributed by atoms with van der Waals surface area (Å²) >= 11 is 12.1. The molecule has 1 aliphatic rings. The maximum atomic E-state index is 6.24. The third-order valence-corrected chi connectivity index (χ3v) is 3.87. The number of aromatic nitrogens is 1. The van der Waals surface area contributed by atoms with Gasteiger partial charge in [-0.15, -0.1) is 24.8 Å². The molecule has 2 rings (SSSR count). The van der Waals surface area contributed by atoms with Gasteiger partial charge in [-0.25, -0.2) is 4.98 Å². The molecule has 1 saturated heterocycles.